The van der Waals surface area contributed by atoms with Gasteiger partial charge in [0.1, 0.15) is 17.4 Å². The van der Waals surface area contributed by atoms with Crippen LogP contribution in [-0.2, 0) is 11.2 Å². The molecule has 2 fully saturated rings. The van der Waals surface area contributed by atoms with Crippen molar-refractivity contribution in [3.63, 3.8) is 0 Å². The van der Waals surface area contributed by atoms with E-state index in [9.17, 15) is 9.90 Å². The van der Waals surface area contributed by atoms with Crippen molar-refractivity contribution >= 4 is 5.78 Å². The number of carbonyl (C=O) groups is 1. The Morgan fingerprint density at radius 1 is 1.19 bits per heavy atom. The van der Waals surface area contributed by atoms with Gasteiger partial charge < -0.3 is 9.67 Å². The SMILES string of the molecule is Cc1ccc(CC(=O)C[C@@H](CCO)c2nnc(C3CC(CC(C)C)C3)n2C2CC2)c(C)c1. The van der Waals surface area contributed by atoms with Crippen LogP contribution >= 0.6 is 0 Å². The smallest absolute Gasteiger partial charge is 0.138 e. The van der Waals surface area contributed by atoms with Crippen molar-refractivity contribution in [2.75, 3.05) is 6.61 Å². The molecule has 0 radical (unpaired) electrons. The van der Waals surface area contributed by atoms with Gasteiger partial charge in [0.25, 0.3) is 0 Å². The van der Waals surface area contributed by atoms with Crippen LogP contribution in [0.3, 0.4) is 0 Å². The Morgan fingerprint density at radius 3 is 2.56 bits per heavy atom. The molecular weight excluding hydrogens is 398 g/mol. The van der Waals surface area contributed by atoms with Crippen molar-refractivity contribution in [1.82, 2.24) is 14.8 Å². The van der Waals surface area contributed by atoms with E-state index in [1.807, 2.05) is 0 Å². The van der Waals surface area contributed by atoms with Crippen LogP contribution in [0.1, 0.15) is 105 Å². The molecule has 1 aromatic heterocycles. The highest BCUT2D eigenvalue weighted by Gasteiger charge is 2.39. The van der Waals surface area contributed by atoms with Gasteiger partial charge in [-0.2, -0.15) is 0 Å². The first-order chi connectivity index (χ1) is 15.4. The van der Waals surface area contributed by atoms with E-state index in [0.29, 0.717) is 31.2 Å². The van der Waals surface area contributed by atoms with Gasteiger partial charge in [0, 0.05) is 37.3 Å². The zero-order valence-electron chi connectivity index (χ0n) is 20.2. The van der Waals surface area contributed by atoms with Crippen molar-refractivity contribution in [3.8, 4) is 0 Å². The van der Waals surface area contributed by atoms with Gasteiger partial charge >= 0.3 is 0 Å². The largest absolute Gasteiger partial charge is 0.396 e. The normalized spacial score (nSPS) is 21.6. The minimum atomic E-state index is -0.0633. The Morgan fingerprint density at radius 2 is 1.94 bits per heavy atom. The fourth-order valence-electron chi connectivity index (χ4n) is 5.47. The molecule has 0 aliphatic heterocycles. The summed E-state index contributed by atoms with van der Waals surface area (Å²) < 4.78 is 2.36. The monoisotopic (exact) mass is 437 g/mol. The Bertz CT molecular complexity index is 938. The second-order valence-electron chi connectivity index (χ2n) is 10.7. The van der Waals surface area contributed by atoms with Gasteiger partial charge in [-0.25, -0.2) is 0 Å². The standard InChI is InChI=1S/C27H39N3O2/c1-17(2)11-20-13-23(14-20)27-29-28-26(30(27)24-7-8-24)22(9-10-31)16-25(32)15-21-6-5-18(3)12-19(21)4/h5-6,12,17,20,22-24,31H,7-11,13-16H2,1-4H3/t20?,22-,23?/m1/s1. The van der Waals surface area contributed by atoms with E-state index in [0.717, 1.165) is 29.0 Å². The third-order valence-electron chi connectivity index (χ3n) is 7.27. The highest BCUT2D eigenvalue weighted by molar-refractivity contribution is 5.82. The minimum Gasteiger partial charge on any atom is -0.396 e. The summed E-state index contributed by atoms with van der Waals surface area (Å²) in [5.41, 5.74) is 3.48. The van der Waals surface area contributed by atoms with Crippen molar-refractivity contribution in [3.05, 3.63) is 46.5 Å². The van der Waals surface area contributed by atoms with E-state index in [-0.39, 0.29) is 18.3 Å². The predicted molar refractivity (Wildman–Crippen MR) is 127 cm³/mol. The fraction of sp³-hybridized carbons (Fsp3) is 0.667. The summed E-state index contributed by atoms with van der Waals surface area (Å²) in [6, 6.07) is 6.75. The second-order valence-corrected chi connectivity index (χ2v) is 10.7. The van der Waals surface area contributed by atoms with Crippen LogP contribution in [0.15, 0.2) is 18.2 Å². The summed E-state index contributed by atoms with van der Waals surface area (Å²) in [6.07, 6.45) is 7.46. The molecule has 0 amide bonds. The van der Waals surface area contributed by atoms with E-state index >= 15 is 0 Å². The molecule has 2 saturated carbocycles. The lowest BCUT2D eigenvalue weighted by atomic mass is 9.71. The molecule has 5 heteroatoms. The van der Waals surface area contributed by atoms with Crippen LogP contribution in [-0.4, -0.2) is 32.3 Å². The molecule has 1 atom stereocenters. The van der Waals surface area contributed by atoms with Gasteiger partial charge in [-0.05, 0) is 75.3 Å². The number of nitrogens with zero attached hydrogens (tertiary/aromatic N) is 3. The molecule has 0 bridgehead atoms. The molecule has 1 aromatic carbocycles. The molecule has 2 aliphatic rings. The first-order valence-electron chi connectivity index (χ1n) is 12.5. The van der Waals surface area contributed by atoms with Crippen molar-refractivity contribution in [1.29, 1.82) is 0 Å². The van der Waals surface area contributed by atoms with E-state index in [1.54, 1.807) is 0 Å². The summed E-state index contributed by atoms with van der Waals surface area (Å²) in [7, 11) is 0. The first kappa shape index (κ1) is 23.2. The van der Waals surface area contributed by atoms with Crippen molar-refractivity contribution in [2.45, 2.75) is 96.9 Å². The fourth-order valence-corrected chi connectivity index (χ4v) is 5.47. The van der Waals surface area contributed by atoms with E-state index in [1.165, 1.54) is 43.2 Å². The molecule has 174 valence electrons. The summed E-state index contributed by atoms with van der Waals surface area (Å²) in [6.45, 7) is 8.81. The maximum Gasteiger partial charge on any atom is 0.138 e. The van der Waals surface area contributed by atoms with Gasteiger partial charge in [0.2, 0.25) is 0 Å². The Labute approximate surface area is 192 Å². The van der Waals surface area contributed by atoms with Crippen molar-refractivity contribution < 1.29 is 9.90 Å². The number of aliphatic hydroxyl groups excluding tert-OH is 1. The average Bonchev–Trinajstić information content (AvgIpc) is 3.45. The predicted octanol–water partition coefficient (Wildman–Crippen LogP) is 5.44. The molecule has 1 N–H and O–H groups in total. The molecule has 4 rings (SSSR count). The summed E-state index contributed by atoms with van der Waals surface area (Å²) in [5, 5.41) is 19.0. The van der Waals surface area contributed by atoms with Gasteiger partial charge in [-0.3, -0.25) is 4.79 Å². The number of aryl methyl sites for hydroxylation is 2. The molecule has 2 aromatic rings. The maximum atomic E-state index is 13.0. The van der Waals surface area contributed by atoms with Gasteiger partial charge in [0.15, 0.2) is 0 Å². The van der Waals surface area contributed by atoms with Crippen molar-refractivity contribution in [2.24, 2.45) is 11.8 Å². The van der Waals surface area contributed by atoms with Crippen LogP contribution < -0.4 is 0 Å². The van der Waals surface area contributed by atoms with Crippen LogP contribution in [0.5, 0.6) is 0 Å². The quantitative estimate of drug-likeness (QED) is 0.508. The van der Waals surface area contributed by atoms with Crippen LogP contribution in [0.2, 0.25) is 0 Å². The van der Waals surface area contributed by atoms with Crippen LogP contribution in [0.4, 0.5) is 0 Å². The summed E-state index contributed by atoms with van der Waals surface area (Å²) in [4.78, 5) is 13.0. The van der Waals surface area contributed by atoms with E-state index in [4.69, 9.17) is 0 Å². The molecule has 0 unspecified atom stereocenters. The average molecular weight is 438 g/mol. The zero-order valence-corrected chi connectivity index (χ0v) is 20.2. The number of carbonyl (C=O) groups excluding carboxylic acids is 1. The molecule has 32 heavy (non-hydrogen) atoms. The molecule has 2 aliphatic carbocycles. The number of ketones is 1. The lowest BCUT2D eigenvalue weighted by molar-refractivity contribution is -0.118. The number of benzene rings is 1. The first-order valence-corrected chi connectivity index (χ1v) is 12.5. The van der Waals surface area contributed by atoms with E-state index in [2.05, 4.69) is 60.7 Å². The molecule has 0 saturated heterocycles. The number of rotatable bonds is 11. The zero-order chi connectivity index (χ0) is 22.8. The van der Waals surface area contributed by atoms with E-state index < -0.39 is 0 Å². The Kier molecular flexibility index (Phi) is 7.14. The molecular formula is C27H39N3O2. The number of hydrogen-bond acceptors (Lipinski definition) is 4. The summed E-state index contributed by atoms with van der Waals surface area (Å²) in [5.74, 6) is 4.26. The third-order valence-corrected chi connectivity index (χ3v) is 7.27. The number of hydrogen-bond donors (Lipinski definition) is 1. The highest BCUT2D eigenvalue weighted by Crippen LogP contribution is 2.48. The number of aliphatic hydroxyl groups is 1. The molecule has 1 heterocycles. The van der Waals surface area contributed by atoms with Gasteiger partial charge in [0.05, 0.1) is 0 Å². The number of Topliss-reactive ketones (excluding diaryl/α,β-unsaturated/α-hetero) is 1. The van der Waals surface area contributed by atoms with Gasteiger partial charge in [-0.1, -0.05) is 37.6 Å². The number of aromatic nitrogens is 3. The second kappa shape index (κ2) is 9.86. The minimum absolute atomic E-state index is 0.0633. The topological polar surface area (TPSA) is 68.0 Å². The van der Waals surface area contributed by atoms with Crippen LogP contribution in [0, 0.1) is 25.7 Å². The van der Waals surface area contributed by atoms with Gasteiger partial charge in [-0.15, -0.1) is 10.2 Å². The molecule has 0 spiro atoms. The lowest BCUT2D eigenvalue weighted by Gasteiger charge is -2.36. The Hall–Kier alpha value is -2.01. The summed E-state index contributed by atoms with van der Waals surface area (Å²) >= 11 is 0. The third kappa shape index (κ3) is 5.31. The van der Waals surface area contributed by atoms with Crippen LogP contribution in [0.25, 0.3) is 0 Å². The maximum absolute atomic E-state index is 13.0. The lowest BCUT2D eigenvalue weighted by Crippen LogP contribution is -2.26. The highest BCUT2D eigenvalue weighted by atomic mass is 16.3. The molecule has 5 nitrogen and oxygen atoms in total. The Balaban J connectivity index is 1.48.